The second-order valence-electron chi connectivity index (χ2n) is 3.82. The molecule has 5 heteroatoms. The van der Waals surface area contributed by atoms with E-state index in [-0.39, 0.29) is 19.3 Å². The Morgan fingerprint density at radius 1 is 1.40 bits per heavy atom. The molecule has 0 aliphatic carbocycles. The second-order valence-corrected chi connectivity index (χ2v) is 3.82. The van der Waals surface area contributed by atoms with E-state index in [1.54, 1.807) is 0 Å². The van der Waals surface area contributed by atoms with Gasteiger partial charge in [0.15, 0.2) is 0 Å². The van der Waals surface area contributed by atoms with E-state index in [9.17, 15) is 0 Å². The van der Waals surface area contributed by atoms with Crippen LogP contribution < -0.4 is 0 Å². The van der Waals surface area contributed by atoms with Crippen LogP contribution in [0.25, 0.3) is 0 Å². The molecule has 0 saturated carbocycles. The van der Waals surface area contributed by atoms with Crippen LogP contribution in [0.4, 0.5) is 0 Å². The lowest BCUT2D eigenvalue weighted by Crippen LogP contribution is -2.50. The topological polar surface area (TPSA) is 62.2 Å². The molecule has 1 heterocycles. The fraction of sp³-hybridized carbons (Fsp3) is 1.00. The maximum Gasteiger partial charge on any atom is 0.0933 e. The van der Waals surface area contributed by atoms with E-state index in [4.69, 9.17) is 19.7 Å². The fourth-order valence-corrected chi connectivity index (χ4v) is 1.65. The number of aliphatic hydroxyl groups is 2. The van der Waals surface area contributed by atoms with Gasteiger partial charge in [0.1, 0.15) is 0 Å². The van der Waals surface area contributed by atoms with Gasteiger partial charge in [-0.2, -0.15) is 0 Å². The van der Waals surface area contributed by atoms with Gasteiger partial charge >= 0.3 is 0 Å². The molecule has 1 fully saturated rings. The third-order valence-corrected chi connectivity index (χ3v) is 2.60. The highest BCUT2D eigenvalue weighted by molar-refractivity contribution is 4.76. The molecule has 1 rings (SSSR count). The standard InChI is InChI=1S/C10H21NO4/c1-9-8-15-10(7-13)6-11(9)2-4-14-5-3-12/h9-10,12-13H,2-8H2,1H3. The molecule has 1 aliphatic heterocycles. The number of nitrogens with zero attached hydrogens (tertiary/aromatic N) is 1. The SMILES string of the molecule is CC1COC(CO)CN1CCOCCO. The van der Waals surface area contributed by atoms with Gasteiger partial charge in [-0.1, -0.05) is 0 Å². The molecule has 0 radical (unpaired) electrons. The van der Waals surface area contributed by atoms with Crippen molar-refractivity contribution in [3.8, 4) is 0 Å². The summed E-state index contributed by atoms with van der Waals surface area (Å²) in [4.78, 5) is 2.24. The Morgan fingerprint density at radius 3 is 2.87 bits per heavy atom. The number of rotatable bonds is 6. The van der Waals surface area contributed by atoms with Gasteiger partial charge in [0.2, 0.25) is 0 Å². The smallest absolute Gasteiger partial charge is 0.0933 e. The third kappa shape index (κ3) is 4.44. The Morgan fingerprint density at radius 2 is 2.20 bits per heavy atom. The molecule has 0 aromatic carbocycles. The van der Waals surface area contributed by atoms with Gasteiger partial charge in [0, 0.05) is 19.1 Å². The van der Waals surface area contributed by atoms with Crippen molar-refractivity contribution in [2.75, 3.05) is 46.1 Å². The van der Waals surface area contributed by atoms with Gasteiger partial charge in [-0.05, 0) is 6.92 Å². The summed E-state index contributed by atoms with van der Waals surface area (Å²) in [6.07, 6.45) is -0.0703. The molecular formula is C10H21NO4. The van der Waals surface area contributed by atoms with Crippen LogP contribution in [0.1, 0.15) is 6.92 Å². The minimum Gasteiger partial charge on any atom is -0.394 e. The lowest BCUT2D eigenvalue weighted by molar-refractivity contribution is -0.0834. The molecular weight excluding hydrogens is 198 g/mol. The van der Waals surface area contributed by atoms with Crippen molar-refractivity contribution >= 4 is 0 Å². The minimum absolute atomic E-state index is 0.0674. The van der Waals surface area contributed by atoms with Crippen LogP contribution >= 0.6 is 0 Å². The van der Waals surface area contributed by atoms with Crippen LogP contribution in [0, 0.1) is 0 Å². The zero-order valence-corrected chi connectivity index (χ0v) is 9.26. The van der Waals surface area contributed by atoms with Gasteiger partial charge in [-0.25, -0.2) is 0 Å². The zero-order valence-electron chi connectivity index (χ0n) is 9.26. The largest absolute Gasteiger partial charge is 0.394 e. The Kier molecular flexibility index (Phi) is 6.12. The molecule has 1 aliphatic rings. The zero-order chi connectivity index (χ0) is 11.1. The van der Waals surface area contributed by atoms with E-state index < -0.39 is 0 Å². The first-order valence-electron chi connectivity index (χ1n) is 5.43. The molecule has 0 spiro atoms. The summed E-state index contributed by atoms with van der Waals surface area (Å²) in [5.74, 6) is 0. The minimum atomic E-state index is -0.0703. The van der Waals surface area contributed by atoms with Crippen molar-refractivity contribution in [1.82, 2.24) is 4.90 Å². The second kappa shape index (κ2) is 7.14. The summed E-state index contributed by atoms with van der Waals surface area (Å²) in [7, 11) is 0. The summed E-state index contributed by atoms with van der Waals surface area (Å²) in [5, 5.41) is 17.5. The summed E-state index contributed by atoms with van der Waals surface area (Å²) < 4.78 is 10.6. The number of hydrogen-bond acceptors (Lipinski definition) is 5. The van der Waals surface area contributed by atoms with Gasteiger partial charge < -0.3 is 19.7 Å². The molecule has 0 aromatic rings. The van der Waals surface area contributed by atoms with E-state index in [1.807, 2.05) is 0 Å². The summed E-state index contributed by atoms with van der Waals surface area (Å²) in [5.41, 5.74) is 0. The van der Waals surface area contributed by atoms with E-state index in [2.05, 4.69) is 11.8 Å². The summed E-state index contributed by atoms with van der Waals surface area (Å²) >= 11 is 0. The van der Waals surface area contributed by atoms with Crippen molar-refractivity contribution in [2.24, 2.45) is 0 Å². The lowest BCUT2D eigenvalue weighted by Gasteiger charge is -2.37. The van der Waals surface area contributed by atoms with E-state index in [0.717, 1.165) is 13.1 Å². The van der Waals surface area contributed by atoms with Crippen LogP contribution in [-0.2, 0) is 9.47 Å². The van der Waals surface area contributed by atoms with Crippen molar-refractivity contribution in [2.45, 2.75) is 19.1 Å². The van der Waals surface area contributed by atoms with Gasteiger partial charge in [-0.3, -0.25) is 4.90 Å². The number of ether oxygens (including phenoxy) is 2. The van der Waals surface area contributed by atoms with Crippen molar-refractivity contribution in [1.29, 1.82) is 0 Å². The molecule has 0 amide bonds. The van der Waals surface area contributed by atoms with Crippen LogP contribution in [0.3, 0.4) is 0 Å². The average molecular weight is 219 g/mol. The molecule has 2 N–H and O–H groups in total. The molecule has 2 atom stereocenters. The highest BCUT2D eigenvalue weighted by atomic mass is 16.5. The molecule has 2 unspecified atom stereocenters. The van der Waals surface area contributed by atoms with Gasteiger partial charge in [-0.15, -0.1) is 0 Å². The molecule has 15 heavy (non-hydrogen) atoms. The molecule has 1 saturated heterocycles. The van der Waals surface area contributed by atoms with Gasteiger partial charge in [0.05, 0.1) is 39.1 Å². The first-order valence-corrected chi connectivity index (χ1v) is 5.43. The van der Waals surface area contributed by atoms with E-state index in [1.165, 1.54) is 0 Å². The highest BCUT2D eigenvalue weighted by Crippen LogP contribution is 2.10. The van der Waals surface area contributed by atoms with Crippen molar-refractivity contribution in [3.63, 3.8) is 0 Å². The Balaban J connectivity index is 2.19. The van der Waals surface area contributed by atoms with Crippen LogP contribution in [0.5, 0.6) is 0 Å². The van der Waals surface area contributed by atoms with E-state index in [0.29, 0.717) is 25.9 Å². The van der Waals surface area contributed by atoms with Crippen LogP contribution in [-0.4, -0.2) is 73.4 Å². The first-order chi connectivity index (χ1) is 7.27. The fourth-order valence-electron chi connectivity index (χ4n) is 1.65. The number of aliphatic hydroxyl groups excluding tert-OH is 2. The van der Waals surface area contributed by atoms with Crippen molar-refractivity contribution in [3.05, 3.63) is 0 Å². The average Bonchev–Trinajstić information content (AvgIpc) is 2.26. The number of hydrogen-bond donors (Lipinski definition) is 2. The Hall–Kier alpha value is -0.200. The molecule has 0 aromatic heterocycles. The summed E-state index contributed by atoms with van der Waals surface area (Å²) in [6, 6.07) is 0.366. The predicted octanol–water partition coefficient (Wildman–Crippen LogP) is -0.923. The monoisotopic (exact) mass is 219 g/mol. The van der Waals surface area contributed by atoms with E-state index >= 15 is 0 Å². The maximum absolute atomic E-state index is 8.99. The van der Waals surface area contributed by atoms with Crippen LogP contribution in [0.2, 0.25) is 0 Å². The third-order valence-electron chi connectivity index (χ3n) is 2.60. The predicted molar refractivity (Wildman–Crippen MR) is 55.8 cm³/mol. The molecule has 90 valence electrons. The quantitative estimate of drug-likeness (QED) is 0.566. The summed E-state index contributed by atoms with van der Waals surface area (Å²) in [6.45, 7) is 5.47. The molecule has 0 bridgehead atoms. The Labute approximate surface area is 90.6 Å². The highest BCUT2D eigenvalue weighted by Gasteiger charge is 2.24. The van der Waals surface area contributed by atoms with Gasteiger partial charge in [0.25, 0.3) is 0 Å². The number of morpholine rings is 1. The van der Waals surface area contributed by atoms with Crippen LogP contribution in [0.15, 0.2) is 0 Å². The Bertz CT molecular complexity index is 168. The maximum atomic E-state index is 8.99. The molecule has 5 nitrogen and oxygen atoms in total. The normalized spacial score (nSPS) is 28.2. The van der Waals surface area contributed by atoms with Crippen molar-refractivity contribution < 1.29 is 19.7 Å². The first kappa shape index (κ1) is 12.9. The lowest BCUT2D eigenvalue weighted by atomic mass is 10.2.